The third-order valence-electron chi connectivity index (χ3n) is 2.46. The maximum absolute atomic E-state index is 11.6. The van der Waals surface area contributed by atoms with Crippen molar-refractivity contribution in [1.82, 2.24) is 4.90 Å². The normalized spacial score (nSPS) is 23.0. The average Bonchev–Trinajstić information content (AvgIpc) is 2.44. The van der Waals surface area contributed by atoms with Gasteiger partial charge in [0.05, 0.1) is 19.7 Å². The van der Waals surface area contributed by atoms with Crippen molar-refractivity contribution in [2.75, 3.05) is 19.7 Å². The van der Waals surface area contributed by atoms with Crippen LogP contribution in [0.5, 0.6) is 0 Å². The molecule has 4 heteroatoms. The number of rotatable bonds is 0. The molecule has 2 aliphatic rings. The van der Waals surface area contributed by atoms with Crippen molar-refractivity contribution in [2.24, 2.45) is 0 Å². The zero-order valence-electron chi connectivity index (χ0n) is 9.45. The van der Waals surface area contributed by atoms with Gasteiger partial charge in [-0.1, -0.05) is 12.2 Å². The van der Waals surface area contributed by atoms with E-state index in [4.69, 9.17) is 9.47 Å². The van der Waals surface area contributed by atoms with Crippen LogP contribution in [0.15, 0.2) is 12.2 Å². The van der Waals surface area contributed by atoms with E-state index in [-0.39, 0.29) is 11.7 Å². The molecule has 0 unspecified atom stereocenters. The summed E-state index contributed by atoms with van der Waals surface area (Å²) in [6.45, 7) is 7.48. The first-order valence-electron chi connectivity index (χ1n) is 5.20. The Morgan fingerprint density at radius 3 is 2.60 bits per heavy atom. The van der Waals surface area contributed by atoms with Crippen molar-refractivity contribution in [3.63, 3.8) is 0 Å². The molecule has 0 aliphatic carbocycles. The minimum absolute atomic E-state index is 0.211. The van der Waals surface area contributed by atoms with Crippen molar-refractivity contribution in [3.8, 4) is 0 Å². The van der Waals surface area contributed by atoms with E-state index in [9.17, 15) is 4.79 Å². The van der Waals surface area contributed by atoms with E-state index in [1.807, 2.05) is 32.9 Å². The van der Waals surface area contributed by atoms with Crippen LogP contribution in [0, 0.1) is 0 Å². The molecule has 0 bridgehead atoms. The number of likely N-dealkylation sites (tertiary alicyclic amines) is 1. The average molecular weight is 211 g/mol. The van der Waals surface area contributed by atoms with Crippen molar-refractivity contribution >= 4 is 6.09 Å². The van der Waals surface area contributed by atoms with Gasteiger partial charge in [-0.3, -0.25) is 0 Å². The Bertz CT molecular complexity index is 297. The largest absolute Gasteiger partial charge is 0.444 e. The summed E-state index contributed by atoms with van der Waals surface area (Å²) in [7, 11) is 0. The first-order chi connectivity index (χ1) is 6.90. The lowest BCUT2D eigenvalue weighted by atomic mass is 9.95. The third-order valence-corrected chi connectivity index (χ3v) is 2.46. The summed E-state index contributed by atoms with van der Waals surface area (Å²) in [6.07, 6.45) is 3.78. The van der Waals surface area contributed by atoms with Gasteiger partial charge in [-0.05, 0) is 20.8 Å². The highest BCUT2D eigenvalue weighted by molar-refractivity contribution is 5.70. The summed E-state index contributed by atoms with van der Waals surface area (Å²) >= 11 is 0. The molecule has 0 aromatic heterocycles. The SMILES string of the molecule is CC(C)(C)OC(=O)N1CC2(C=CCO2)C1. The van der Waals surface area contributed by atoms with Gasteiger partial charge in [0.1, 0.15) is 11.2 Å². The molecule has 0 saturated carbocycles. The van der Waals surface area contributed by atoms with E-state index in [1.54, 1.807) is 4.90 Å². The molecular formula is C11H17NO3. The summed E-state index contributed by atoms with van der Waals surface area (Å²) in [4.78, 5) is 13.3. The second-order valence-electron chi connectivity index (χ2n) is 5.11. The van der Waals surface area contributed by atoms with Crippen molar-refractivity contribution in [2.45, 2.75) is 32.0 Å². The van der Waals surface area contributed by atoms with Crippen LogP contribution < -0.4 is 0 Å². The van der Waals surface area contributed by atoms with E-state index < -0.39 is 5.60 Å². The molecule has 0 aromatic rings. The first kappa shape index (κ1) is 10.5. The summed E-state index contributed by atoms with van der Waals surface area (Å²) in [5, 5.41) is 0. The van der Waals surface area contributed by atoms with Crippen molar-refractivity contribution in [3.05, 3.63) is 12.2 Å². The van der Waals surface area contributed by atoms with E-state index in [2.05, 4.69) is 0 Å². The van der Waals surface area contributed by atoms with Crippen LogP contribution in [0.25, 0.3) is 0 Å². The standard InChI is InChI=1S/C11H17NO3/c1-10(2,3)15-9(13)12-7-11(8-12)5-4-6-14-11/h4-5H,6-8H2,1-3H3. The molecule has 2 rings (SSSR count). The third kappa shape index (κ3) is 2.15. The Morgan fingerprint density at radius 1 is 1.47 bits per heavy atom. The van der Waals surface area contributed by atoms with Crippen LogP contribution in [-0.4, -0.2) is 41.9 Å². The van der Waals surface area contributed by atoms with Gasteiger partial charge < -0.3 is 14.4 Å². The highest BCUT2D eigenvalue weighted by Gasteiger charge is 2.47. The Labute approximate surface area is 89.8 Å². The van der Waals surface area contributed by atoms with Crippen LogP contribution in [-0.2, 0) is 9.47 Å². The number of ether oxygens (including phenoxy) is 2. The lowest BCUT2D eigenvalue weighted by Gasteiger charge is -2.45. The summed E-state index contributed by atoms with van der Waals surface area (Å²) in [5.41, 5.74) is -0.636. The van der Waals surface area contributed by atoms with E-state index in [0.717, 1.165) is 0 Å². The molecule has 1 amide bonds. The Balaban J connectivity index is 1.84. The van der Waals surface area contributed by atoms with Gasteiger partial charge in [-0.2, -0.15) is 0 Å². The van der Waals surface area contributed by atoms with Crippen LogP contribution in [0.1, 0.15) is 20.8 Å². The van der Waals surface area contributed by atoms with Crippen LogP contribution >= 0.6 is 0 Å². The number of hydrogen-bond acceptors (Lipinski definition) is 3. The monoisotopic (exact) mass is 211 g/mol. The van der Waals surface area contributed by atoms with Gasteiger partial charge >= 0.3 is 6.09 Å². The highest BCUT2D eigenvalue weighted by Crippen LogP contribution is 2.31. The second-order valence-corrected chi connectivity index (χ2v) is 5.11. The Kier molecular flexibility index (Phi) is 2.26. The van der Waals surface area contributed by atoms with Crippen LogP contribution in [0.4, 0.5) is 4.79 Å². The van der Waals surface area contributed by atoms with Crippen LogP contribution in [0.3, 0.4) is 0 Å². The Morgan fingerprint density at radius 2 is 2.13 bits per heavy atom. The first-order valence-corrected chi connectivity index (χ1v) is 5.20. The minimum Gasteiger partial charge on any atom is -0.444 e. The molecule has 2 aliphatic heterocycles. The number of hydrogen-bond donors (Lipinski definition) is 0. The predicted molar refractivity (Wildman–Crippen MR) is 55.6 cm³/mol. The quantitative estimate of drug-likeness (QED) is 0.571. The summed E-state index contributed by atoms with van der Waals surface area (Å²) in [6, 6.07) is 0. The maximum atomic E-state index is 11.6. The molecule has 1 fully saturated rings. The van der Waals surface area contributed by atoms with Gasteiger partial charge in [0, 0.05) is 0 Å². The molecule has 2 heterocycles. The van der Waals surface area contributed by atoms with Crippen LogP contribution in [0.2, 0.25) is 0 Å². The van der Waals surface area contributed by atoms with Crippen molar-refractivity contribution < 1.29 is 14.3 Å². The number of carbonyl (C=O) groups is 1. The molecule has 0 atom stereocenters. The fourth-order valence-corrected chi connectivity index (χ4v) is 1.78. The molecule has 0 radical (unpaired) electrons. The fourth-order valence-electron chi connectivity index (χ4n) is 1.78. The summed E-state index contributed by atoms with van der Waals surface area (Å²) < 4.78 is 10.8. The number of carbonyl (C=O) groups excluding carboxylic acids is 1. The minimum atomic E-state index is -0.424. The molecule has 84 valence electrons. The molecular weight excluding hydrogens is 194 g/mol. The molecule has 0 aromatic carbocycles. The lowest BCUT2D eigenvalue weighted by molar-refractivity contribution is -0.0919. The van der Waals surface area contributed by atoms with E-state index in [0.29, 0.717) is 19.7 Å². The molecule has 4 nitrogen and oxygen atoms in total. The smallest absolute Gasteiger partial charge is 0.410 e. The Hall–Kier alpha value is -1.03. The molecule has 1 spiro atoms. The zero-order chi connectivity index (χ0) is 11.1. The topological polar surface area (TPSA) is 38.8 Å². The second kappa shape index (κ2) is 3.23. The van der Waals surface area contributed by atoms with Gasteiger partial charge in [-0.25, -0.2) is 4.79 Å². The number of amides is 1. The predicted octanol–water partition coefficient (Wildman–Crippen LogP) is 1.56. The lowest BCUT2D eigenvalue weighted by Crippen LogP contribution is -2.63. The summed E-state index contributed by atoms with van der Waals surface area (Å²) in [5.74, 6) is 0. The van der Waals surface area contributed by atoms with E-state index >= 15 is 0 Å². The van der Waals surface area contributed by atoms with E-state index in [1.165, 1.54) is 0 Å². The zero-order valence-corrected chi connectivity index (χ0v) is 9.45. The highest BCUT2D eigenvalue weighted by atomic mass is 16.6. The van der Waals surface area contributed by atoms with Crippen molar-refractivity contribution in [1.29, 1.82) is 0 Å². The number of nitrogens with zero attached hydrogens (tertiary/aromatic N) is 1. The molecule has 1 saturated heterocycles. The van der Waals surface area contributed by atoms with Gasteiger partial charge in [0.25, 0.3) is 0 Å². The molecule has 15 heavy (non-hydrogen) atoms. The van der Waals surface area contributed by atoms with Gasteiger partial charge in [-0.15, -0.1) is 0 Å². The maximum Gasteiger partial charge on any atom is 0.410 e. The molecule has 0 N–H and O–H groups in total. The van der Waals surface area contributed by atoms with Gasteiger partial charge in [0.2, 0.25) is 0 Å². The van der Waals surface area contributed by atoms with Gasteiger partial charge in [0.15, 0.2) is 0 Å². The fraction of sp³-hybridized carbons (Fsp3) is 0.727.